The lowest BCUT2D eigenvalue weighted by atomic mass is 10.2. The summed E-state index contributed by atoms with van der Waals surface area (Å²) in [4.78, 5) is 0. The van der Waals surface area contributed by atoms with Crippen LogP contribution < -0.4 is 5.32 Å². The van der Waals surface area contributed by atoms with Gasteiger partial charge in [0.1, 0.15) is 4.32 Å². The van der Waals surface area contributed by atoms with E-state index in [9.17, 15) is 0 Å². The van der Waals surface area contributed by atoms with Crippen molar-refractivity contribution in [2.75, 3.05) is 19.8 Å². The third-order valence-corrected chi connectivity index (χ3v) is 2.12. The van der Waals surface area contributed by atoms with Gasteiger partial charge >= 0.3 is 0 Å². The first-order chi connectivity index (χ1) is 6.29. The molecule has 1 saturated heterocycles. The van der Waals surface area contributed by atoms with E-state index in [1.807, 2.05) is 0 Å². The molecule has 76 valence electrons. The molecule has 1 fully saturated rings. The maximum Gasteiger partial charge on any atom is 0.157 e. The summed E-state index contributed by atoms with van der Waals surface area (Å²) in [7, 11) is 0. The molecule has 0 spiro atoms. The Morgan fingerprint density at radius 1 is 1.62 bits per heavy atom. The van der Waals surface area contributed by atoms with E-state index in [0.29, 0.717) is 17.5 Å². The Balaban J connectivity index is 1.95. The number of nitrogens with one attached hydrogen (secondary N) is 1. The molecule has 0 saturated carbocycles. The Bertz CT molecular complexity index is 160. The Kier molecular flexibility index (Phi) is 5.70. The van der Waals surface area contributed by atoms with Gasteiger partial charge in [0.15, 0.2) is 6.29 Å². The van der Waals surface area contributed by atoms with Crippen LogP contribution in [0.5, 0.6) is 0 Å². The van der Waals surface area contributed by atoms with Crippen molar-refractivity contribution in [2.24, 2.45) is 0 Å². The smallest absolute Gasteiger partial charge is 0.157 e. The lowest BCUT2D eigenvalue weighted by Gasteiger charge is -2.22. The van der Waals surface area contributed by atoms with Crippen molar-refractivity contribution in [2.45, 2.75) is 25.6 Å². The van der Waals surface area contributed by atoms with Gasteiger partial charge in [-0.1, -0.05) is 12.2 Å². The Morgan fingerprint density at radius 2 is 2.46 bits per heavy atom. The molecule has 3 nitrogen and oxygen atoms in total. The van der Waals surface area contributed by atoms with Crippen molar-refractivity contribution in [3.63, 3.8) is 0 Å². The molecule has 0 aromatic heterocycles. The Labute approximate surface area is 89.6 Å². The van der Waals surface area contributed by atoms with E-state index < -0.39 is 0 Å². The zero-order valence-electron chi connectivity index (χ0n) is 7.49. The average Bonchev–Trinajstić information content (AvgIpc) is 2.14. The third kappa shape index (κ3) is 5.46. The van der Waals surface area contributed by atoms with Crippen LogP contribution in [0.3, 0.4) is 0 Å². The van der Waals surface area contributed by atoms with E-state index >= 15 is 0 Å². The van der Waals surface area contributed by atoms with Crippen molar-refractivity contribution < 1.29 is 9.47 Å². The molecule has 1 rings (SSSR count). The number of thiol groups is 1. The zero-order chi connectivity index (χ0) is 9.52. The summed E-state index contributed by atoms with van der Waals surface area (Å²) in [5, 5.41) is 2.90. The van der Waals surface area contributed by atoms with Gasteiger partial charge in [-0.2, -0.15) is 0 Å². The maximum atomic E-state index is 5.46. The molecule has 0 radical (unpaired) electrons. The van der Waals surface area contributed by atoms with Crippen LogP contribution >= 0.6 is 24.8 Å². The van der Waals surface area contributed by atoms with Crippen LogP contribution in [-0.2, 0) is 9.47 Å². The highest BCUT2D eigenvalue weighted by Gasteiger charge is 2.13. The van der Waals surface area contributed by atoms with E-state index in [-0.39, 0.29) is 6.29 Å². The van der Waals surface area contributed by atoms with Gasteiger partial charge in [-0.3, -0.25) is 0 Å². The topological polar surface area (TPSA) is 30.5 Å². The van der Waals surface area contributed by atoms with Crippen LogP contribution in [-0.4, -0.2) is 30.4 Å². The minimum atomic E-state index is -0.0101. The number of ether oxygens (including phenoxy) is 2. The van der Waals surface area contributed by atoms with Crippen molar-refractivity contribution in [3.05, 3.63) is 0 Å². The van der Waals surface area contributed by atoms with E-state index in [1.165, 1.54) is 6.42 Å². The fourth-order valence-corrected chi connectivity index (χ4v) is 1.40. The number of rotatable bonds is 4. The van der Waals surface area contributed by atoms with E-state index in [1.54, 1.807) is 0 Å². The van der Waals surface area contributed by atoms with E-state index in [4.69, 9.17) is 21.7 Å². The van der Waals surface area contributed by atoms with Gasteiger partial charge in [0.2, 0.25) is 0 Å². The second-order valence-electron chi connectivity index (χ2n) is 2.90. The standard InChI is InChI=1S/C8H15NO2S2/c12-8(13)9-4-6-11-7-3-1-2-5-10-7/h7H,1-6H2,(H2,9,12,13). The molecule has 1 N–H and O–H groups in total. The minimum Gasteiger partial charge on any atom is -0.369 e. The molecule has 5 heteroatoms. The average molecular weight is 221 g/mol. The number of hydrogen-bond acceptors (Lipinski definition) is 3. The van der Waals surface area contributed by atoms with Gasteiger partial charge in [0.05, 0.1) is 6.61 Å². The quantitative estimate of drug-likeness (QED) is 0.426. The summed E-state index contributed by atoms with van der Waals surface area (Å²) in [6.07, 6.45) is 3.34. The van der Waals surface area contributed by atoms with Crippen LogP contribution in [0.1, 0.15) is 19.3 Å². The molecule has 0 aromatic rings. The monoisotopic (exact) mass is 221 g/mol. The van der Waals surface area contributed by atoms with Gasteiger partial charge in [-0.05, 0) is 19.3 Å². The first-order valence-electron chi connectivity index (χ1n) is 4.49. The highest BCUT2D eigenvalue weighted by molar-refractivity contribution is 8.11. The zero-order valence-corrected chi connectivity index (χ0v) is 9.20. The maximum absolute atomic E-state index is 5.46. The molecule has 1 aliphatic heterocycles. The van der Waals surface area contributed by atoms with E-state index in [2.05, 4.69) is 17.9 Å². The summed E-state index contributed by atoms with van der Waals surface area (Å²) >= 11 is 8.66. The van der Waals surface area contributed by atoms with Crippen LogP contribution in [0, 0.1) is 0 Å². The minimum absolute atomic E-state index is 0.0101. The van der Waals surface area contributed by atoms with Gasteiger partial charge in [0.25, 0.3) is 0 Å². The normalized spacial score (nSPS) is 22.7. The molecule has 0 amide bonds. The molecule has 0 bridgehead atoms. The molecular formula is C8H15NO2S2. The molecule has 0 aliphatic carbocycles. The van der Waals surface area contributed by atoms with Crippen LogP contribution in [0.4, 0.5) is 0 Å². The molecule has 1 atom stereocenters. The second kappa shape index (κ2) is 6.59. The van der Waals surface area contributed by atoms with Crippen molar-refractivity contribution in [3.8, 4) is 0 Å². The van der Waals surface area contributed by atoms with Gasteiger partial charge in [-0.25, -0.2) is 0 Å². The largest absolute Gasteiger partial charge is 0.369 e. The third-order valence-electron chi connectivity index (χ3n) is 1.82. The summed E-state index contributed by atoms with van der Waals surface area (Å²) in [5.74, 6) is 0. The number of thiocarbonyl (C=S) groups is 1. The summed E-state index contributed by atoms with van der Waals surface area (Å²) in [6.45, 7) is 2.14. The molecule has 0 aromatic carbocycles. The summed E-state index contributed by atoms with van der Waals surface area (Å²) in [5.41, 5.74) is 0. The van der Waals surface area contributed by atoms with Crippen LogP contribution in [0.2, 0.25) is 0 Å². The Hall–Kier alpha value is 0.160. The molecule has 13 heavy (non-hydrogen) atoms. The van der Waals surface area contributed by atoms with Crippen LogP contribution in [0.25, 0.3) is 0 Å². The predicted octanol–water partition coefficient (Wildman–Crippen LogP) is 1.33. The van der Waals surface area contributed by atoms with Crippen LogP contribution in [0.15, 0.2) is 0 Å². The van der Waals surface area contributed by atoms with Crippen molar-refractivity contribution in [1.29, 1.82) is 0 Å². The van der Waals surface area contributed by atoms with Gasteiger partial charge < -0.3 is 14.8 Å². The van der Waals surface area contributed by atoms with E-state index in [0.717, 1.165) is 19.4 Å². The van der Waals surface area contributed by atoms with Gasteiger partial charge in [0, 0.05) is 13.2 Å². The van der Waals surface area contributed by atoms with Gasteiger partial charge in [-0.15, -0.1) is 12.6 Å². The molecule has 1 aliphatic rings. The lowest BCUT2D eigenvalue weighted by molar-refractivity contribution is -0.160. The fourth-order valence-electron chi connectivity index (χ4n) is 1.19. The highest BCUT2D eigenvalue weighted by atomic mass is 32.1. The highest BCUT2D eigenvalue weighted by Crippen LogP contribution is 2.12. The molecule has 1 unspecified atom stereocenters. The predicted molar refractivity (Wildman–Crippen MR) is 59.1 cm³/mol. The first-order valence-corrected chi connectivity index (χ1v) is 5.34. The fraction of sp³-hybridized carbons (Fsp3) is 0.875. The SMILES string of the molecule is S=C(S)NCCOC1CCCCO1. The number of hydrogen-bond donors (Lipinski definition) is 2. The Morgan fingerprint density at radius 3 is 3.08 bits per heavy atom. The first kappa shape index (κ1) is 11.2. The van der Waals surface area contributed by atoms with Crippen molar-refractivity contribution in [1.82, 2.24) is 5.32 Å². The van der Waals surface area contributed by atoms with Crippen molar-refractivity contribution >= 4 is 29.2 Å². The summed E-state index contributed by atoms with van der Waals surface area (Å²) in [6, 6.07) is 0. The molecular weight excluding hydrogens is 206 g/mol. The molecule has 1 heterocycles. The second-order valence-corrected chi connectivity index (χ2v) is 4.06. The summed E-state index contributed by atoms with van der Waals surface area (Å²) < 4.78 is 11.3. The lowest BCUT2D eigenvalue weighted by Crippen LogP contribution is -2.28.